The van der Waals surface area contributed by atoms with Gasteiger partial charge in [-0.05, 0) is 66.6 Å². The zero-order valence-electron chi connectivity index (χ0n) is 19.2. The van der Waals surface area contributed by atoms with Gasteiger partial charge in [0.2, 0.25) is 5.91 Å². The lowest BCUT2D eigenvalue weighted by atomic mass is 10.1. The first-order valence-corrected chi connectivity index (χ1v) is 12.5. The summed E-state index contributed by atoms with van der Waals surface area (Å²) >= 11 is 1.49. The Labute approximate surface area is 204 Å². The third-order valence-corrected chi connectivity index (χ3v) is 6.77. The Balaban J connectivity index is 1.22. The zero-order chi connectivity index (χ0) is 23.9. The van der Waals surface area contributed by atoms with Gasteiger partial charge in [0.15, 0.2) is 0 Å². The highest BCUT2D eigenvalue weighted by Crippen LogP contribution is 2.20. The van der Waals surface area contributed by atoms with Gasteiger partial charge in [-0.25, -0.2) is 4.39 Å². The zero-order valence-corrected chi connectivity index (χ0v) is 20.0. The van der Waals surface area contributed by atoms with Crippen LogP contribution in [-0.2, 0) is 10.5 Å². The molecule has 1 saturated heterocycles. The minimum absolute atomic E-state index is 0.0572. The third kappa shape index (κ3) is 6.38. The molecule has 3 aromatic carbocycles. The van der Waals surface area contributed by atoms with E-state index in [1.54, 1.807) is 0 Å². The van der Waals surface area contributed by atoms with Gasteiger partial charge in [0, 0.05) is 48.9 Å². The average molecular weight is 478 g/mol. The molecule has 0 radical (unpaired) electrons. The standard InChI is InChI=1S/C27H28FN3O2S/c1-20-3-2-4-25(17-20)30-13-15-31(16-14-30)27(33)22-7-5-21(6-8-22)18-34-19-26(32)29-24-11-9-23(28)10-12-24/h2-12,17H,13-16,18-19H2,1H3,(H,29,32). The maximum Gasteiger partial charge on any atom is 0.253 e. The second kappa shape index (κ2) is 11.2. The molecule has 0 aromatic heterocycles. The van der Waals surface area contributed by atoms with Gasteiger partial charge in [0.25, 0.3) is 5.91 Å². The van der Waals surface area contributed by atoms with Crippen molar-refractivity contribution in [1.82, 2.24) is 4.90 Å². The Bertz CT molecular complexity index is 1130. The lowest BCUT2D eigenvalue weighted by Gasteiger charge is -2.36. The highest BCUT2D eigenvalue weighted by atomic mass is 32.2. The summed E-state index contributed by atoms with van der Waals surface area (Å²) in [5.74, 6) is 0.554. The maximum atomic E-state index is 12.9. The molecule has 5 nitrogen and oxygen atoms in total. The van der Waals surface area contributed by atoms with Crippen molar-refractivity contribution in [2.24, 2.45) is 0 Å². The summed E-state index contributed by atoms with van der Waals surface area (Å²) in [6.45, 7) is 5.14. The molecule has 1 N–H and O–H groups in total. The number of hydrogen-bond acceptors (Lipinski definition) is 4. The van der Waals surface area contributed by atoms with Crippen LogP contribution in [0.5, 0.6) is 0 Å². The lowest BCUT2D eigenvalue weighted by Crippen LogP contribution is -2.48. The first-order chi connectivity index (χ1) is 16.5. The van der Waals surface area contributed by atoms with Crippen molar-refractivity contribution in [3.63, 3.8) is 0 Å². The van der Waals surface area contributed by atoms with Crippen molar-refractivity contribution in [2.75, 3.05) is 42.1 Å². The minimum Gasteiger partial charge on any atom is -0.368 e. The minimum atomic E-state index is -0.334. The number of thioether (sulfide) groups is 1. The van der Waals surface area contributed by atoms with Gasteiger partial charge < -0.3 is 15.1 Å². The third-order valence-electron chi connectivity index (χ3n) is 5.76. The molecule has 1 aliphatic heterocycles. The number of hydrogen-bond donors (Lipinski definition) is 1. The molecule has 176 valence electrons. The number of piperazine rings is 1. The molecule has 3 aromatic rings. The van der Waals surface area contributed by atoms with E-state index in [-0.39, 0.29) is 17.6 Å². The molecular formula is C27H28FN3O2S. The first kappa shape index (κ1) is 23.8. The highest BCUT2D eigenvalue weighted by Gasteiger charge is 2.22. The van der Waals surface area contributed by atoms with Crippen molar-refractivity contribution in [3.05, 3.63) is 95.3 Å². The van der Waals surface area contributed by atoms with Crippen LogP contribution in [0, 0.1) is 12.7 Å². The van der Waals surface area contributed by atoms with Crippen LogP contribution < -0.4 is 10.2 Å². The molecule has 0 unspecified atom stereocenters. The summed E-state index contributed by atoms with van der Waals surface area (Å²) in [6.07, 6.45) is 0. The number of nitrogens with zero attached hydrogens (tertiary/aromatic N) is 2. The molecule has 2 amide bonds. The predicted octanol–water partition coefficient (Wildman–Crippen LogP) is 4.97. The van der Waals surface area contributed by atoms with E-state index in [1.165, 1.54) is 47.3 Å². The molecule has 7 heteroatoms. The lowest BCUT2D eigenvalue weighted by molar-refractivity contribution is -0.113. The van der Waals surface area contributed by atoms with Crippen molar-refractivity contribution in [1.29, 1.82) is 0 Å². The van der Waals surface area contributed by atoms with Crippen LogP contribution in [0.3, 0.4) is 0 Å². The SMILES string of the molecule is Cc1cccc(N2CCN(C(=O)c3ccc(CSCC(=O)Nc4ccc(F)cc4)cc3)CC2)c1. The molecule has 0 aliphatic carbocycles. The molecule has 1 heterocycles. The highest BCUT2D eigenvalue weighted by molar-refractivity contribution is 7.99. The smallest absolute Gasteiger partial charge is 0.253 e. The molecule has 1 aliphatic rings. The van der Waals surface area contributed by atoms with Crippen molar-refractivity contribution >= 4 is 35.0 Å². The molecule has 1 fully saturated rings. The second-order valence-corrected chi connectivity index (χ2v) is 9.35. The van der Waals surface area contributed by atoms with E-state index >= 15 is 0 Å². The summed E-state index contributed by atoms with van der Waals surface area (Å²) in [6, 6.07) is 21.8. The number of nitrogens with one attached hydrogen (secondary N) is 1. The van der Waals surface area contributed by atoms with Crippen LogP contribution in [0.25, 0.3) is 0 Å². The Morgan fingerprint density at radius 2 is 1.65 bits per heavy atom. The Hall–Kier alpha value is -3.32. The number of halogens is 1. The van der Waals surface area contributed by atoms with E-state index in [4.69, 9.17) is 0 Å². The molecule has 34 heavy (non-hydrogen) atoms. The van der Waals surface area contributed by atoms with Gasteiger partial charge in [-0.2, -0.15) is 0 Å². The molecule has 0 spiro atoms. The number of carbonyl (C=O) groups is 2. The Morgan fingerprint density at radius 3 is 2.32 bits per heavy atom. The number of amides is 2. The van der Waals surface area contributed by atoms with Crippen LogP contribution in [0.2, 0.25) is 0 Å². The van der Waals surface area contributed by atoms with Crippen molar-refractivity contribution in [2.45, 2.75) is 12.7 Å². The van der Waals surface area contributed by atoms with Crippen LogP contribution in [0.1, 0.15) is 21.5 Å². The van der Waals surface area contributed by atoms with E-state index in [9.17, 15) is 14.0 Å². The van der Waals surface area contributed by atoms with Crippen LogP contribution >= 0.6 is 11.8 Å². The molecule has 0 saturated carbocycles. The number of carbonyl (C=O) groups excluding carboxylic acids is 2. The number of anilines is 2. The Kier molecular flexibility index (Phi) is 7.85. The van der Waals surface area contributed by atoms with Gasteiger partial charge in [-0.3, -0.25) is 9.59 Å². The fourth-order valence-corrected chi connectivity index (χ4v) is 4.70. The summed E-state index contributed by atoms with van der Waals surface area (Å²) < 4.78 is 12.9. The van der Waals surface area contributed by atoms with E-state index in [1.807, 2.05) is 29.2 Å². The maximum absolute atomic E-state index is 12.9. The molecule has 4 rings (SSSR count). The van der Waals surface area contributed by atoms with Gasteiger partial charge in [0.05, 0.1) is 5.75 Å². The Morgan fingerprint density at radius 1 is 0.941 bits per heavy atom. The molecule has 0 atom stereocenters. The first-order valence-electron chi connectivity index (χ1n) is 11.3. The largest absolute Gasteiger partial charge is 0.368 e. The van der Waals surface area contributed by atoms with Crippen molar-refractivity contribution in [3.8, 4) is 0 Å². The quantitative estimate of drug-likeness (QED) is 0.522. The second-order valence-electron chi connectivity index (χ2n) is 8.36. The summed E-state index contributed by atoms with van der Waals surface area (Å²) in [5, 5.41) is 2.75. The van der Waals surface area contributed by atoms with Gasteiger partial charge >= 0.3 is 0 Å². The van der Waals surface area contributed by atoms with E-state index < -0.39 is 0 Å². The molecule has 0 bridgehead atoms. The van der Waals surface area contributed by atoms with E-state index in [0.717, 1.165) is 18.7 Å². The van der Waals surface area contributed by atoms with Gasteiger partial charge in [-0.1, -0.05) is 24.3 Å². The average Bonchev–Trinajstić information content (AvgIpc) is 2.85. The number of rotatable bonds is 7. The fraction of sp³-hybridized carbons (Fsp3) is 0.259. The van der Waals surface area contributed by atoms with E-state index in [2.05, 4.69) is 41.4 Å². The van der Waals surface area contributed by atoms with Gasteiger partial charge in [0.1, 0.15) is 5.82 Å². The monoisotopic (exact) mass is 477 g/mol. The topological polar surface area (TPSA) is 52.7 Å². The van der Waals surface area contributed by atoms with Crippen LogP contribution in [0.15, 0.2) is 72.8 Å². The number of aryl methyl sites for hydroxylation is 1. The van der Waals surface area contributed by atoms with Crippen LogP contribution in [0.4, 0.5) is 15.8 Å². The summed E-state index contributed by atoms with van der Waals surface area (Å²) in [7, 11) is 0. The molecular weight excluding hydrogens is 449 g/mol. The summed E-state index contributed by atoms with van der Waals surface area (Å²) in [5.41, 5.74) is 4.77. The predicted molar refractivity (Wildman–Crippen MR) is 137 cm³/mol. The van der Waals surface area contributed by atoms with Crippen LogP contribution in [-0.4, -0.2) is 48.6 Å². The fourth-order valence-electron chi connectivity index (χ4n) is 3.91. The van der Waals surface area contributed by atoms with E-state index in [0.29, 0.717) is 35.8 Å². The number of benzene rings is 3. The summed E-state index contributed by atoms with van der Waals surface area (Å²) in [4.78, 5) is 29.2. The van der Waals surface area contributed by atoms with Crippen molar-refractivity contribution < 1.29 is 14.0 Å². The normalized spacial score (nSPS) is 13.6. The van der Waals surface area contributed by atoms with Gasteiger partial charge in [-0.15, -0.1) is 11.8 Å².